The zero-order valence-corrected chi connectivity index (χ0v) is 10.1. The van der Waals surface area contributed by atoms with Crippen LogP contribution in [-0.2, 0) is 17.8 Å². The number of carbonyl (C=O) groups excluding carboxylic acids is 1. The van der Waals surface area contributed by atoms with Crippen LogP contribution < -0.4 is 0 Å². The van der Waals surface area contributed by atoms with Gasteiger partial charge in [-0.3, -0.25) is 4.79 Å². The summed E-state index contributed by atoms with van der Waals surface area (Å²) in [6.07, 6.45) is 2.51. The quantitative estimate of drug-likeness (QED) is 0.827. The summed E-state index contributed by atoms with van der Waals surface area (Å²) < 4.78 is 0. The van der Waals surface area contributed by atoms with Crippen LogP contribution in [0.4, 0.5) is 0 Å². The summed E-state index contributed by atoms with van der Waals surface area (Å²) in [6, 6.07) is 5.22. The molecule has 0 saturated heterocycles. The van der Waals surface area contributed by atoms with E-state index in [1.54, 1.807) is 23.1 Å². The van der Waals surface area contributed by atoms with Gasteiger partial charge in [0, 0.05) is 19.5 Å². The highest BCUT2D eigenvalue weighted by Crippen LogP contribution is 2.23. The molecule has 1 N–H and O–H groups in total. The van der Waals surface area contributed by atoms with Gasteiger partial charge in [0.15, 0.2) is 0 Å². The van der Waals surface area contributed by atoms with Gasteiger partial charge in [-0.2, -0.15) is 0 Å². The van der Waals surface area contributed by atoms with E-state index < -0.39 is 5.97 Å². The summed E-state index contributed by atoms with van der Waals surface area (Å²) in [6.45, 7) is 4.61. The van der Waals surface area contributed by atoms with Gasteiger partial charge in [0.05, 0.1) is 5.56 Å². The number of aromatic carboxylic acids is 1. The average Bonchev–Trinajstić information content (AvgIpc) is 2.37. The van der Waals surface area contributed by atoms with Crippen molar-refractivity contribution < 1.29 is 14.7 Å². The second kappa shape index (κ2) is 5.04. The van der Waals surface area contributed by atoms with Crippen LogP contribution in [0.2, 0.25) is 0 Å². The largest absolute Gasteiger partial charge is 0.478 e. The fraction of sp³-hybridized carbons (Fsp3) is 0.286. The summed E-state index contributed by atoms with van der Waals surface area (Å²) in [5, 5.41) is 9.11. The molecule has 0 aromatic heterocycles. The maximum Gasteiger partial charge on any atom is 0.335 e. The van der Waals surface area contributed by atoms with E-state index >= 15 is 0 Å². The molecule has 0 aliphatic carbocycles. The number of carboxylic acid groups (broad SMARTS) is 1. The van der Waals surface area contributed by atoms with Crippen LogP contribution in [0.15, 0.2) is 30.9 Å². The van der Waals surface area contributed by atoms with Crippen molar-refractivity contribution in [3.63, 3.8) is 0 Å². The number of carbonyl (C=O) groups is 2. The minimum Gasteiger partial charge on any atom is -0.478 e. The molecular formula is C14H15NO3. The molecule has 1 aliphatic heterocycles. The Morgan fingerprint density at radius 2 is 2.22 bits per heavy atom. The van der Waals surface area contributed by atoms with Gasteiger partial charge in [-0.15, -0.1) is 6.58 Å². The predicted molar refractivity (Wildman–Crippen MR) is 67.3 cm³/mol. The number of benzene rings is 1. The van der Waals surface area contributed by atoms with E-state index in [-0.39, 0.29) is 5.91 Å². The standard InChI is InChI=1S/C14H15NO3/c1-2-4-13(16)15-8-7-11-10(9-15)5-3-6-12(11)14(17)18/h2-3,5-6H,1,4,7-9H2,(H,17,18). The first kappa shape index (κ1) is 12.4. The lowest BCUT2D eigenvalue weighted by Crippen LogP contribution is -2.36. The van der Waals surface area contributed by atoms with E-state index in [2.05, 4.69) is 6.58 Å². The summed E-state index contributed by atoms with van der Waals surface area (Å²) >= 11 is 0. The Balaban J connectivity index is 2.25. The summed E-state index contributed by atoms with van der Waals surface area (Å²) in [5.74, 6) is -0.867. The molecule has 4 nitrogen and oxygen atoms in total. The van der Waals surface area contributed by atoms with Crippen molar-refractivity contribution in [2.24, 2.45) is 0 Å². The van der Waals surface area contributed by atoms with Crippen LogP contribution in [0.25, 0.3) is 0 Å². The number of rotatable bonds is 3. The highest BCUT2D eigenvalue weighted by molar-refractivity contribution is 5.90. The monoisotopic (exact) mass is 245 g/mol. The molecule has 0 unspecified atom stereocenters. The van der Waals surface area contributed by atoms with E-state index in [0.29, 0.717) is 31.5 Å². The molecule has 0 atom stereocenters. The minimum atomic E-state index is -0.905. The van der Waals surface area contributed by atoms with Gasteiger partial charge in [0.25, 0.3) is 0 Å². The molecule has 0 saturated carbocycles. The molecule has 18 heavy (non-hydrogen) atoms. The second-order valence-electron chi connectivity index (χ2n) is 4.31. The Hall–Kier alpha value is -2.10. The van der Waals surface area contributed by atoms with Crippen LogP contribution in [0.3, 0.4) is 0 Å². The lowest BCUT2D eigenvalue weighted by Gasteiger charge is -2.29. The fourth-order valence-electron chi connectivity index (χ4n) is 2.28. The maximum atomic E-state index is 11.8. The Morgan fingerprint density at radius 3 is 2.89 bits per heavy atom. The fourth-order valence-corrected chi connectivity index (χ4v) is 2.28. The van der Waals surface area contributed by atoms with Crippen LogP contribution in [0.5, 0.6) is 0 Å². The van der Waals surface area contributed by atoms with Gasteiger partial charge in [0.1, 0.15) is 0 Å². The topological polar surface area (TPSA) is 57.6 Å². The summed E-state index contributed by atoms with van der Waals surface area (Å²) in [4.78, 5) is 24.6. The molecule has 2 rings (SSSR count). The molecule has 1 heterocycles. The first-order valence-corrected chi connectivity index (χ1v) is 5.86. The molecule has 4 heteroatoms. The normalized spacial score (nSPS) is 13.9. The third-order valence-corrected chi connectivity index (χ3v) is 3.17. The Morgan fingerprint density at radius 1 is 1.44 bits per heavy atom. The Bertz CT molecular complexity index is 508. The van der Waals surface area contributed by atoms with Crippen molar-refractivity contribution in [2.45, 2.75) is 19.4 Å². The highest BCUT2D eigenvalue weighted by atomic mass is 16.4. The molecular weight excluding hydrogens is 230 g/mol. The first-order valence-electron chi connectivity index (χ1n) is 5.86. The van der Waals surface area contributed by atoms with Gasteiger partial charge in [-0.25, -0.2) is 4.79 Å². The van der Waals surface area contributed by atoms with Crippen molar-refractivity contribution in [3.05, 3.63) is 47.5 Å². The molecule has 1 amide bonds. The summed E-state index contributed by atoms with van der Waals surface area (Å²) in [5.41, 5.74) is 2.13. The van der Waals surface area contributed by atoms with Crippen LogP contribution in [0.1, 0.15) is 27.9 Å². The van der Waals surface area contributed by atoms with Crippen molar-refractivity contribution >= 4 is 11.9 Å². The number of hydrogen-bond acceptors (Lipinski definition) is 2. The zero-order valence-electron chi connectivity index (χ0n) is 10.1. The molecule has 0 bridgehead atoms. The third kappa shape index (κ3) is 2.27. The zero-order chi connectivity index (χ0) is 13.1. The van der Waals surface area contributed by atoms with E-state index in [1.807, 2.05) is 6.07 Å². The van der Waals surface area contributed by atoms with E-state index in [4.69, 9.17) is 5.11 Å². The summed E-state index contributed by atoms with van der Waals surface area (Å²) in [7, 11) is 0. The van der Waals surface area contributed by atoms with Gasteiger partial charge in [0.2, 0.25) is 5.91 Å². The van der Waals surface area contributed by atoms with Gasteiger partial charge < -0.3 is 10.0 Å². The smallest absolute Gasteiger partial charge is 0.335 e. The van der Waals surface area contributed by atoms with Crippen LogP contribution >= 0.6 is 0 Å². The number of amides is 1. The van der Waals surface area contributed by atoms with Gasteiger partial charge in [-0.05, 0) is 23.6 Å². The molecule has 1 aromatic carbocycles. The molecule has 1 aromatic rings. The number of nitrogens with zero attached hydrogens (tertiary/aromatic N) is 1. The minimum absolute atomic E-state index is 0.0383. The van der Waals surface area contributed by atoms with Crippen molar-refractivity contribution in [1.29, 1.82) is 0 Å². The lowest BCUT2D eigenvalue weighted by molar-refractivity contribution is -0.131. The van der Waals surface area contributed by atoms with E-state index in [9.17, 15) is 9.59 Å². The van der Waals surface area contributed by atoms with E-state index in [0.717, 1.165) is 11.1 Å². The average molecular weight is 245 g/mol. The maximum absolute atomic E-state index is 11.8. The van der Waals surface area contributed by atoms with Crippen LogP contribution in [0, 0.1) is 0 Å². The highest BCUT2D eigenvalue weighted by Gasteiger charge is 2.23. The van der Waals surface area contributed by atoms with E-state index in [1.165, 1.54) is 0 Å². The molecule has 94 valence electrons. The number of hydrogen-bond donors (Lipinski definition) is 1. The Kier molecular flexibility index (Phi) is 3.46. The van der Waals surface area contributed by atoms with Gasteiger partial charge in [-0.1, -0.05) is 18.2 Å². The van der Waals surface area contributed by atoms with Crippen molar-refractivity contribution in [2.75, 3.05) is 6.54 Å². The van der Waals surface area contributed by atoms with Gasteiger partial charge >= 0.3 is 5.97 Å². The molecule has 0 spiro atoms. The second-order valence-corrected chi connectivity index (χ2v) is 4.31. The molecule has 1 aliphatic rings. The van der Waals surface area contributed by atoms with Crippen molar-refractivity contribution in [3.8, 4) is 0 Å². The Labute approximate surface area is 106 Å². The van der Waals surface area contributed by atoms with Crippen molar-refractivity contribution in [1.82, 2.24) is 4.90 Å². The number of carboxylic acids is 1. The van der Waals surface area contributed by atoms with Crippen LogP contribution in [-0.4, -0.2) is 28.4 Å². The molecule has 0 fully saturated rings. The predicted octanol–water partition coefficient (Wildman–Crippen LogP) is 1.85. The SMILES string of the molecule is C=CCC(=O)N1CCc2c(cccc2C(=O)O)C1. The third-order valence-electron chi connectivity index (χ3n) is 3.17. The molecule has 0 radical (unpaired) electrons. The lowest BCUT2D eigenvalue weighted by atomic mass is 9.94. The first-order chi connectivity index (χ1) is 8.63. The number of fused-ring (bicyclic) bond motifs is 1.